The van der Waals surface area contributed by atoms with Crippen molar-refractivity contribution in [1.82, 2.24) is 20.5 Å². The average Bonchev–Trinajstić information content (AvgIpc) is 3.33. The second kappa shape index (κ2) is 9.28. The average molecular weight is 405 g/mol. The Balaban J connectivity index is 1.37. The van der Waals surface area contributed by atoms with Crippen molar-refractivity contribution in [3.63, 3.8) is 0 Å². The highest BCUT2D eigenvalue weighted by molar-refractivity contribution is 7.99. The van der Waals surface area contributed by atoms with Crippen LogP contribution >= 0.6 is 23.1 Å². The van der Waals surface area contributed by atoms with Crippen LogP contribution in [0.5, 0.6) is 0 Å². The van der Waals surface area contributed by atoms with E-state index in [0.29, 0.717) is 17.3 Å². The molecule has 0 atom stereocenters. The number of nitrogens with one attached hydrogen (secondary N) is 3. The molecule has 27 heavy (non-hydrogen) atoms. The zero-order valence-corrected chi connectivity index (χ0v) is 15.7. The van der Waals surface area contributed by atoms with Crippen molar-refractivity contribution in [2.24, 2.45) is 0 Å². The maximum Gasteiger partial charge on any atom is 0.243 e. The first kappa shape index (κ1) is 19.1. The van der Waals surface area contributed by atoms with Gasteiger partial charge in [0.15, 0.2) is 0 Å². The quantitative estimate of drug-likeness (QED) is 0.500. The number of anilines is 1. The molecule has 0 radical (unpaired) electrons. The van der Waals surface area contributed by atoms with Crippen molar-refractivity contribution in [3.05, 3.63) is 58.3 Å². The monoisotopic (exact) mass is 405 g/mol. The fourth-order valence-electron chi connectivity index (χ4n) is 2.10. The van der Waals surface area contributed by atoms with E-state index in [1.165, 1.54) is 40.9 Å². The number of hydrogen-bond donors (Lipinski definition) is 3. The van der Waals surface area contributed by atoms with Crippen LogP contribution in [0.15, 0.2) is 46.9 Å². The maximum absolute atomic E-state index is 12.8. The lowest BCUT2D eigenvalue weighted by molar-refractivity contribution is -0.122. The van der Waals surface area contributed by atoms with E-state index in [1.54, 1.807) is 11.3 Å². The highest BCUT2D eigenvalue weighted by Crippen LogP contribution is 2.16. The molecule has 2 amide bonds. The molecular formula is C17H16FN5O2S2. The van der Waals surface area contributed by atoms with Crippen LogP contribution in [-0.2, 0) is 16.0 Å². The number of hydrogen-bond acceptors (Lipinski definition) is 6. The second-order valence-electron chi connectivity index (χ2n) is 5.44. The topological polar surface area (TPSA) is 99.8 Å². The Bertz CT molecular complexity index is 896. The summed E-state index contributed by atoms with van der Waals surface area (Å²) in [5.74, 6) is -0.252. The van der Waals surface area contributed by atoms with Gasteiger partial charge in [-0.05, 0) is 35.7 Å². The molecule has 0 unspecified atom stereocenters. The minimum Gasteiger partial charge on any atom is -0.346 e. The van der Waals surface area contributed by atoms with Gasteiger partial charge in [0.2, 0.25) is 17.0 Å². The largest absolute Gasteiger partial charge is 0.346 e. The number of aromatic amines is 1. The van der Waals surface area contributed by atoms with Crippen LogP contribution in [0.25, 0.3) is 0 Å². The highest BCUT2D eigenvalue weighted by atomic mass is 32.2. The van der Waals surface area contributed by atoms with Crippen LogP contribution < -0.4 is 10.6 Å². The Morgan fingerprint density at radius 2 is 2.00 bits per heavy atom. The summed E-state index contributed by atoms with van der Waals surface area (Å²) in [6.45, 7) is -0.172. The first-order chi connectivity index (χ1) is 13.1. The third-order valence-corrected chi connectivity index (χ3v) is 5.06. The van der Waals surface area contributed by atoms with E-state index in [0.717, 1.165) is 5.82 Å². The van der Waals surface area contributed by atoms with E-state index in [2.05, 4.69) is 25.8 Å². The van der Waals surface area contributed by atoms with Crippen molar-refractivity contribution in [3.8, 4) is 0 Å². The Morgan fingerprint density at radius 3 is 2.74 bits per heavy atom. The molecule has 140 valence electrons. The van der Waals surface area contributed by atoms with Gasteiger partial charge in [0.05, 0.1) is 12.3 Å². The van der Waals surface area contributed by atoms with Gasteiger partial charge in [-0.25, -0.2) is 9.37 Å². The van der Waals surface area contributed by atoms with Gasteiger partial charge >= 0.3 is 0 Å². The molecule has 0 fully saturated rings. The van der Waals surface area contributed by atoms with Crippen LogP contribution in [0.1, 0.15) is 10.7 Å². The van der Waals surface area contributed by atoms with Crippen LogP contribution in [0.2, 0.25) is 0 Å². The molecule has 1 aromatic carbocycles. The third-order valence-electron chi connectivity index (χ3n) is 3.34. The van der Waals surface area contributed by atoms with Crippen LogP contribution in [-0.4, -0.2) is 39.3 Å². The summed E-state index contributed by atoms with van der Waals surface area (Å²) < 4.78 is 12.8. The van der Waals surface area contributed by atoms with Gasteiger partial charge in [0.1, 0.15) is 11.6 Å². The lowest BCUT2D eigenvalue weighted by Gasteiger charge is -2.06. The molecule has 10 heteroatoms. The fraction of sp³-hybridized carbons (Fsp3) is 0.176. The van der Waals surface area contributed by atoms with Crippen molar-refractivity contribution in [2.75, 3.05) is 17.6 Å². The summed E-state index contributed by atoms with van der Waals surface area (Å²) in [5, 5.41) is 14.5. The number of carbonyl (C=O) groups is 2. The summed E-state index contributed by atoms with van der Waals surface area (Å²) >= 11 is 2.82. The SMILES string of the molecule is O=C(CSc1n[nH]c(Cc2cccs2)n1)NCC(=O)Nc1ccc(F)cc1. The molecule has 0 bridgehead atoms. The molecular weight excluding hydrogens is 389 g/mol. The number of H-pyrrole nitrogens is 1. The normalized spacial score (nSPS) is 10.6. The van der Waals surface area contributed by atoms with Gasteiger partial charge in [-0.3, -0.25) is 14.7 Å². The first-order valence-electron chi connectivity index (χ1n) is 7.97. The Labute approximate surface area is 162 Å². The van der Waals surface area contributed by atoms with Crippen molar-refractivity contribution in [2.45, 2.75) is 11.6 Å². The molecule has 0 spiro atoms. The molecule has 0 saturated carbocycles. The minimum atomic E-state index is -0.393. The molecule has 2 heterocycles. The molecule has 7 nitrogen and oxygen atoms in total. The number of amides is 2. The standard InChI is InChI=1S/C17H16FN5O2S2/c18-11-3-5-12(6-4-11)20-15(24)9-19-16(25)10-27-17-21-14(22-23-17)8-13-2-1-7-26-13/h1-7H,8-10H2,(H,19,25)(H,20,24)(H,21,22,23). The third kappa shape index (κ3) is 6.19. The van der Waals surface area contributed by atoms with Gasteiger partial charge in [-0.1, -0.05) is 17.8 Å². The predicted octanol–water partition coefficient (Wildman–Crippen LogP) is 2.44. The van der Waals surface area contributed by atoms with Crippen LogP contribution in [0, 0.1) is 5.82 Å². The number of rotatable bonds is 8. The summed E-state index contributed by atoms with van der Waals surface area (Å²) in [6, 6.07) is 9.37. The summed E-state index contributed by atoms with van der Waals surface area (Å²) in [5.41, 5.74) is 0.462. The summed E-state index contributed by atoms with van der Waals surface area (Å²) in [6.07, 6.45) is 0.668. The van der Waals surface area contributed by atoms with Crippen molar-refractivity contribution >= 4 is 40.6 Å². The number of benzene rings is 1. The van der Waals surface area contributed by atoms with Gasteiger partial charge in [0.25, 0.3) is 0 Å². The zero-order valence-electron chi connectivity index (χ0n) is 14.1. The van der Waals surface area contributed by atoms with Crippen LogP contribution in [0.3, 0.4) is 0 Å². The van der Waals surface area contributed by atoms with E-state index < -0.39 is 5.91 Å². The predicted molar refractivity (Wildman–Crippen MR) is 102 cm³/mol. The molecule has 0 aliphatic carbocycles. The number of nitrogens with zero attached hydrogens (tertiary/aromatic N) is 2. The van der Waals surface area contributed by atoms with Crippen molar-refractivity contribution in [1.29, 1.82) is 0 Å². The number of thiophene rings is 1. The molecule has 3 rings (SSSR count). The van der Waals surface area contributed by atoms with E-state index in [1.807, 2.05) is 17.5 Å². The van der Waals surface area contributed by atoms with E-state index in [9.17, 15) is 14.0 Å². The summed E-state index contributed by atoms with van der Waals surface area (Å²) in [4.78, 5) is 29.1. The fourth-order valence-corrected chi connectivity index (χ4v) is 3.45. The highest BCUT2D eigenvalue weighted by Gasteiger charge is 2.10. The molecule has 0 aliphatic heterocycles. The van der Waals surface area contributed by atoms with Crippen molar-refractivity contribution < 1.29 is 14.0 Å². The molecule has 2 aromatic heterocycles. The van der Waals surface area contributed by atoms with E-state index in [-0.39, 0.29) is 24.0 Å². The lowest BCUT2D eigenvalue weighted by Crippen LogP contribution is -2.33. The number of thioether (sulfide) groups is 1. The maximum atomic E-state index is 12.8. The Hall–Kier alpha value is -2.72. The van der Waals surface area contributed by atoms with Gasteiger partial charge in [-0.15, -0.1) is 16.4 Å². The number of carbonyl (C=O) groups excluding carboxylic acids is 2. The second-order valence-corrected chi connectivity index (χ2v) is 7.42. The first-order valence-corrected chi connectivity index (χ1v) is 9.83. The smallest absolute Gasteiger partial charge is 0.243 e. The molecule has 3 aromatic rings. The molecule has 0 aliphatic rings. The zero-order chi connectivity index (χ0) is 19.1. The molecule has 0 saturated heterocycles. The Morgan fingerprint density at radius 1 is 1.19 bits per heavy atom. The van der Waals surface area contributed by atoms with Gasteiger partial charge in [-0.2, -0.15) is 0 Å². The van der Waals surface area contributed by atoms with E-state index >= 15 is 0 Å². The van der Waals surface area contributed by atoms with Crippen LogP contribution in [0.4, 0.5) is 10.1 Å². The molecule has 3 N–H and O–H groups in total. The minimum absolute atomic E-state index is 0.0973. The van der Waals surface area contributed by atoms with Gasteiger partial charge < -0.3 is 10.6 Å². The Kier molecular flexibility index (Phi) is 6.55. The van der Waals surface area contributed by atoms with Gasteiger partial charge in [0, 0.05) is 17.0 Å². The lowest BCUT2D eigenvalue weighted by atomic mass is 10.3. The van der Waals surface area contributed by atoms with E-state index in [4.69, 9.17) is 0 Å². The number of halogens is 1. The number of aromatic nitrogens is 3. The summed E-state index contributed by atoms with van der Waals surface area (Å²) in [7, 11) is 0.